The Labute approximate surface area is 174 Å². The Hall–Kier alpha value is -1.70. The minimum Gasteiger partial charge on any atom is -0.493 e. The summed E-state index contributed by atoms with van der Waals surface area (Å²) in [7, 11) is 6.73. The molecule has 1 heterocycles. The maximum Gasteiger partial charge on any atom is 0.234 e. The van der Waals surface area contributed by atoms with Crippen LogP contribution in [0, 0.1) is 5.92 Å². The fourth-order valence-corrected chi connectivity index (χ4v) is 3.48. The third kappa shape index (κ3) is 7.04. The fraction of sp³-hybridized carbons (Fsp3) is 0.650. The molecule has 0 spiro atoms. The SMILES string of the molecule is CNCCC1CCN(CC(=O)NCc2cc(OC)c(OC)c(OC)c2)CC1.Cl. The number of likely N-dealkylation sites (tertiary alicyclic amines) is 1. The zero-order chi connectivity index (χ0) is 19.6. The summed E-state index contributed by atoms with van der Waals surface area (Å²) in [6.45, 7) is 3.93. The van der Waals surface area contributed by atoms with Crippen LogP contribution in [0.15, 0.2) is 12.1 Å². The van der Waals surface area contributed by atoms with Gasteiger partial charge < -0.3 is 24.8 Å². The first kappa shape index (κ1) is 24.3. The zero-order valence-electron chi connectivity index (χ0n) is 17.4. The van der Waals surface area contributed by atoms with Gasteiger partial charge in [-0.25, -0.2) is 0 Å². The van der Waals surface area contributed by atoms with Gasteiger partial charge in [-0.1, -0.05) is 0 Å². The summed E-state index contributed by atoms with van der Waals surface area (Å²) >= 11 is 0. The molecule has 1 saturated heterocycles. The molecule has 1 aromatic rings. The molecule has 8 heteroatoms. The number of halogens is 1. The highest BCUT2D eigenvalue weighted by atomic mass is 35.5. The van der Waals surface area contributed by atoms with Crippen LogP contribution < -0.4 is 24.8 Å². The molecule has 1 aromatic carbocycles. The molecule has 2 rings (SSSR count). The van der Waals surface area contributed by atoms with E-state index in [1.807, 2.05) is 19.2 Å². The number of ether oxygens (including phenoxy) is 3. The molecule has 0 saturated carbocycles. The zero-order valence-corrected chi connectivity index (χ0v) is 18.2. The number of piperidine rings is 1. The predicted molar refractivity (Wildman–Crippen MR) is 113 cm³/mol. The molecular weight excluding hydrogens is 382 g/mol. The molecule has 1 amide bonds. The van der Waals surface area contributed by atoms with Crippen molar-refractivity contribution in [3.8, 4) is 17.2 Å². The summed E-state index contributed by atoms with van der Waals surface area (Å²) in [6, 6.07) is 3.71. The van der Waals surface area contributed by atoms with Crippen LogP contribution in [0.5, 0.6) is 17.2 Å². The minimum absolute atomic E-state index is 0. The highest BCUT2D eigenvalue weighted by Gasteiger charge is 2.20. The molecule has 1 fully saturated rings. The Morgan fingerprint density at radius 3 is 2.21 bits per heavy atom. The van der Waals surface area contributed by atoms with Gasteiger partial charge in [-0.15, -0.1) is 12.4 Å². The first-order valence-corrected chi connectivity index (χ1v) is 9.53. The monoisotopic (exact) mass is 415 g/mol. The van der Waals surface area contributed by atoms with Crippen LogP contribution in [0.25, 0.3) is 0 Å². The maximum atomic E-state index is 12.3. The molecule has 160 valence electrons. The number of nitrogens with one attached hydrogen (secondary N) is 2. The van der Waals surface area contributed by atoms with E-state index in [0.717, 1.165) is 31.1 Å². The van der Waals surface area contributed by atoms with Crippen molar-refractivity contribution in [3.63, 3.8) is 0 Å². The molecule has 0 radical (unpaired) electrons. The van der Waals surface area contributed by atoms with Crippen molar-refractivity contribution in [2.75, 3.05) is 54.6 Å². The lowest BCUT2D eigenvalue weighted by Crippen LogP contribution is -2.41. The van der Waals surface area contributed by atoms with E-state index in [4.69, 9.17) is 14.2 Å². The van der Waals surface area contributed by atoms with E-state index in [1.54, 1.807) is 21.3 Å². The van der Waals surface area contributed by atoms with Gasteiger partial charge in [0.25, 0.3) is 0 Å². The first-order chi connectivity index (χ1) is 13.1. The van der Waals surface area contributed by atoms with Crippen molar-refractivity contribution >= 4 is 18.3 Å². The van der Waals surface area contributed by atoms with Gasteiger partial charge in [0, 0.05) is 6.54 Å². The topological polar surface area (TPSA) is 72.1 Å². The number of methoxy groups -OCH3 is 3. The van der Waals surface area contributed by atoms with Crippen LogP contribution in [-0.4, -0.2) is 65.4 Å². The molecule has 0 aliphatic carbocycles. The Kier molecular flexibility index (Phi) is 11.0. The van der Waals surface area contributed by atoms with Crippen LogP contribution in [0.4, 0.5) is 0 Å². The van der Waals surface area contributed by atoms with Crippen molar-refractivity contribution in [2.45, 2.75) is 25.8 Å². The quantitative estimate of drug-likeness (QED) is 0.609. The largest absolute Gasteiger partial charge is 0.493 e. The van der Waals surface area contributed by atoms with Crippen LogP contribution in [0.2, 0.25) is 0 Å². The number of carbonyl (C=O) groups excluding carboxylic acids is 1. The first-order valence-electron chi connectivity index (χ1n) is 9.53. The van der Waals surface area contributed by atoms with E-state index >= 15 is 0 Å². The average molecular weight is 416 g/mol. The minimum atomic E-state index is 0. The van der Waals surface area contributed by atoms with Gasteiger partial charge in [0.05, 0.1) is 27.9 Å². The number of nitrogens with zero attached hydrogens (tertiary/aromatic N) is 1. The Morgan fingerprint density at radius 2 is 1.71 bits per heavy atom. The van der Waals surface area contributed by atoms with Crippen LogP contribution in [-0.2, 0) is 11.3 Å². The third-order valence-corrected chi connectivity index (χ3v) is 5.09. The molecule has 1 aliphatic heterocycles. The molecule has 0 unspecified atom stereocenters. The standard InChI is InChI=1S/C20H33N3O4.ClH/c1-21-8-5-15-6-9-23(10-7-15)14-19(24)22-13-16-11-17(25-2)20(27-4)18(12-16)26-3;/h11-12,15,21H,5-10,13-14H2,1-4H3,(H,22,24);1H. The lowest BCUT2D eigenvalue weighted by molar-refractivity contribution is -0.122. The van der Waals surface area contributed by atoms with E-state index in [0.29, 0.717) is 30.3 Å². The lowest BCUT2D eigenvalue weighted by atomic mass is 9.93. The number of hydrogen-bond donors (Lipinski definition) is 2. The Bertz CT molecular complexity index is 582. The normalized spacial score (nSPS) is 14.9. The highest BCUT2D eigenvalue weighted by Crippen LogP contribution is 2.38. The number of carbonyl (C=O) groups is 1. The summed E-state index contributed by atoms with van der Waals surface area (Å²) < 4.78 is 16.0. The molecule has 1 aliphatic rings. The highest BCUT2D eigenvalue weighted by molar-refractivity contribution is 5.85. The van der Waals surface area contributed by atoms with Crippen molar-refractivity contribution in [1.82, 2.24) is 15.5 Å². The summed E-state index contributed by atoms with van der Waals surface area (Å²) in [5.74, 6) is 2.54. The third-order valence-electron chi connectivity index (χ3n) is 5.09. The van der Waals surface area contributed by atoms with E-state index in [9.17, 15) is 4.79 Å². The van der Waals surface area contributed by atoms with Crippen LogP contribution >= 0.6 is 12.4 Å². The van der Waals surface area contributed by atoms with Gasteiger partial charge in [0.15, 0.2) is 11.5 Å². The summed E-state index contributed by atoms with van der Waals surface area (Å²) in [5, 5.41) is 6.20. The Balaban J connectivity index is 0.00000392. The second-order valence-electron chi connectivity index (χ2n) is 6.92. The van der Waals surface area contributed by atoms with Gasteiger partial charge in [-0.05, 0) is 69.6 Å². The second kappa shape index (κ2) is 12.7. The molecular formula is C20H34ClN3O4. The average Bonchev–Trinajstić information content (AvgIpc) is 2.70. The number of benzene rings is 1. The van der Waals surface area contributed by atoms with E-state index in [2.05, 4.69) is 15.5 Å². The number of hydrogen-bond acceptors (Lipinski definition) is 6. The summed E-state index contributed by atoms with van der Waals surface area (Å²) in [5.41, 5.74) is 0.906. The molecule has 0 bridgehead atoms. The van der Waals surface area contributed by atoms with Gasteiger partial charge in [-0.3, -0.25) is 9.69 Å². The Morgan fingerprint density at radius 1 is 1.11 bits per heavy atom. The van der Waals surface area contributed by atoms with Gasteiger partial charge in [0.2, 0.25) is 11.7 Å². The maximum absolute atomic E-state index is 12.3. The van der Waals surface area contributed by atoms with Gasteiger partial charge in [-0.2, -0.15) is 0 Å². The molecule has 0 aromatic heterocycles. The summed E-state index contributed by atoms with van der Waals surface area (Å²) in [4.78, 5) is 14.6. The second-order valence-corrected chi connectivity index (χ2v) is 6.92. The lowest BCUT2D eigenvalue weighted by Gasteiger charge is -2.31. The van der Waals surface area contributed by atoms with Crippen LogP contribution in [0.3, 0.4) is 0 Å². The molecule has 0 atom stereocenters. The number of amides is 1. The van der Waals surface area contributed by atoms with Crippen LogP contribution in [0.1, 0.15) is 24.8 Å². The van der Waals surface area contributed by atoms with Crippen molar-refractivity contribution in [2.24, 2.45) is 5.92 Å². The molecule has 7 nitrogen and oxygen atoms in total. The summed E-state index contributed by atoms with van der Waals surface area (Å²) in [6.07, 6.45) is 3.56. The van der Waals surface area contributed by atoms with Crippen molar-refractivity contribution in [1.29, 1.82) is 0 Å². The van der Waals surface area contributed by atoms with E-state index < -0.39 is 0 Å². The molecule has 28 heavy (non-hydrogen) atoms. The van der Waals surface area contributed by atoms with Crippen molar-refractivity contribution in [3.05, 3.63) is 17.7 Å². The van der Waals surface area contributed by atoms with E-state index in [-0.39, 0.29) is 18.3 Å². The smallest absolute Gasteiger partial charge is 0.234 e. The fourth-order valence-electron chi connectivity index (χ4n) is 3.48. The van der Waals surface area contributed by atoms with Crippen molar-refractivity contribution < 1.29 is 19.0 Å². The predicted octanol–water partition coefficient (Wildman–Crippen LogP) is 2.07. The molecule has 2 N–H and O–H groups in total. The number of rotatable bonds is 10. The van der Waals surface area contributed by atoms with E-state index in [1.165, 1.54) is 19.3 Å². The van der Waals surface area contributed by atoms with Gasteiger partial charge in [0.1, 0.15) is 0 Å². The van der Waals surface area contributed by atoms with Gasteiger partial charge >= 0.3 is 0 Å².